The second-order valence-corrected chi connectivity index (χ2v) is 7.52. The molecule has 1 saturated carbocycles. The van der Waals surface area contributed by atoms with Crippen LogP contribution in [-0.4, -0.2) is 23.4 Å². The van der Waals surface area contributed by atoms with E-state index < -0.39 is 0 Å². The van der Waals surface area contributed by atoms with E-state index in [1.165, 1.54) is 24.8 Å². The van der Waals surface area contributed by atoms with Gasteiger partial charge in [-0.05, 0) is 53.5 Å². The number of carbonyl (C=O) groups excluding carboxylic acids is 1. The van der Waals surface area contributed by atoms with E-state index in [1.54, 1.807) is 11.3 Å². The van der Waals surface area contributed by atoms with Crippen molar-refractivity contribution in [2.24, 2.45) is 11.8 Å². The number of nitrogens with one attached hydrogen (secondary N) is 1. The van der Waals surface area contributed by atoms with Gasteiger partial charge in [-0.3, -0.25) is 10.1 Å². The largest absolute Gasteiger partial charge is 0.321 e. The average molecular weight is 306 g/mol. The van der Waals surface area contributed by atoms with Gasteiger partial charge in [0.2, 0.25) is 5.91 Å². The van der Waals surface area contributed by atoms with E-state index in [2.05, 4.69) is 40.9 Å². The SMILES string of the molecule is CCCC1NC(c2ccsc2)N(CC2CCC(C)C2)C1=O. The molecule has 2 fully saturated rings. The van der Waals surface area contributed by atoms with Gasteiger partial charge in [0.15, 0.2) is 0 Å². The standard InChI is InChI=1S/C17H26N2OS/c1-3-4-15-17(20)19(10-13-6-5-12(2)9-13)16(18-15)14-7-8-21-11-14/h7-8,11-13,15-16,18H,3-6,9-10H2,1-2H3. The van der Waals surface area contributed by atoms with Crippen LogP contribution in [0.1, 0.15) is 57.7 Å². The van der Waals surface area contributed by atoms with Gasteiger partial charge in [-0.1, -0.05) is 26.7 Å². The number of amides is 1. The van der Waals surface area contributed by atoms with Crippen molar-refractivity contribution in [1.29, 1.82) is 0 Å². The molecule has 21 heavy (non-hydrogen) atoms. The van der Waals surface area contributed by atoms with Crippen molar-refractivity contribution in [1.82, 2.24) is 10.2 Å². The van der Waals surface area contributed by atoms with Crippen molar-refractivity contribution < 1.29 is 4.79 Å². The molecule has 1 aliphatic heterocycles. The van der Waals surface area contributed by atoms with Crippen molar-refractivity contribution in [3.8, 4) is 0 Å². The summed E-state index contributed by atoms with van der Waals surface area (Å²) in [5, 5.41) is 7.83. The molecule has 4 unspecified atom stereocenters. The van der Waals surface area contributed by atoms with Gasteiger partial charge in [0, 0.05) is 6.54 Å². The Labute approximate surface area is 131 Å². The highest BCUT2D eigenvalue weighted by molar-refractivity contribution is 7.07. The fourth-order valence-electron chi connectivity index (χ4n) is 3.85. The summed E-state index contributed by atoms with van der Waals surface area (Å²) in [5.74, 6) is 1.83. The number of thiophene rings is 1. The predicted octanol–water partition coefficient (Wildman–Crippen LogP) is 3.78. The molecule has 1 aromatic rings. The van der Waals surface area contributed by atoms with Crippen LogP contribution < -0.4 is 5.32 Å². The van der Waals surface area contributed by atoms with Crippen molar-refractivity contribution in [3.63, 3.8) is 0 Å². The first kappa shape index (κ1) is 15.0. The summed E-state index contributed by atoms with van der Waals surface area (Å²) in [4.78, 5) is 14.9. The minimum absolute atomic E-state index is 0.0127. The van der Waals surface area contributed by atoms with Crippen LogP contribution in [0.15, 0.2) is 16.8 Å². The molecule has 2 heterocycles. The van der Waals surface area contributed by atoms with E-state index in [0.29, 0.717) is 11.8 Å². The Morgan fingerprint density at radius 1 is 1.43 bits per heavy atom. The summed E-state index contributed by atoms with van der Waals surface area (Å²) < 4.78 is 0. The van der Waals surface area contributed by atoms with Gasteiger partial charge in [0.1, 0.15) is 6.17 Å². The maximum atomic E-state index is 12.7. The monoisotopic (exact) mass is 306 g/mol. The number of hydrogen-bond acceptors (Lipinski definition) is 3. The van der Waals surface area contributed by atoms with E-state index in [9.17, 15) is 4.79 Å². The zero-order chi connectivity index (χ0) is 14.8. The lowest BCUT2D eigenvalue weighted by Crippen LogP contribution is -2.34. The molecule has 0 bridgehead atoms. The Kier molecular flexibility index (Phi) is 4.65. The van der Waals surface area contributed by atoms with Gasteiger partial charge < -0.3 is 4.90 Å². The number of nitrogens with zero attached hydrogens (tertiary/aromatic N) is 1. The van der Waals surface area contributed by atoms with Crippen molar-refractivity contribution >= 4 is 17.2 Å². The Hall–Kier alpha value is -0.870. The van der Waals surface area contributed by atoms with Gasteiger partial charge >= 0.3 is 0 Å². The molecule has 4 atom stereocenters. The van der Waals surface area contributed by atoms with E-state index in [4.69, 9.17) is 0 Å². The van der Waals surface area contributed by atoms with E-state index in [-0.39, 0.29) is 12.2 Å². The molecule has 0 aromatic carbocycles. The molecule has 1 N–H and O–H groups in total. The van der Waals surface area contributed by atoms with Crippen LogP contribution in [0.4, 0.5) is 0 Å². The highest BCUT2D eigenvalue weighted by Gasteiger charge is 2.40. The van der Waals surface area contributed by atoms with Crippen molar-refractivity contribution in [2.45, 2.75) is 58.2 Å². The van der Waals surface area contributed by atoms with E-state index in [0.717, 1.165) is 25.3 Å². The van der Waals surface area contributed by atoms with Crippen LogP contribution >= 0.6 is 11.3 Å². The minimum atomic E-state index is 0.0127. The smallest absolute Gasteiger partial charge is 0.241 e. The summed E-state index contributed by atoms with van der Waals surface area (Å²) in [6, 6.07) is 2.16. The third-order valence-electron chi connectivity index (χ3n) is 4.95. The zero-order valence-electron chi connectivity index (χ0n) is 13.0. The maximum Gasteiger partial charge on any atom is 0.241 e. The normalized spacial score (nSPS) is 33.0. The van der Waals surface area contributed by atoms with Crippen molar-refractivity contribution in [2.75, 3.05) is 6.54 Å². The molecule has 0 radical (unpaired) electrons. The van der Waals surface area contributed by atoms with Crippen LogP contribution in [0.25, 0.3) is 0 Å². The maximum absolute atomic E-state index is 12.7. The van der Waals surface area contributed by atoms with Crippen LogP contribution in [0.2, 0.25) is 0 Å². The van der Waals surface area contributed by atoms with E-state index >= 15 is 0 Å². The molecule has 116 valence electrons. The zero-order valence-corrected chi connectivity index (χ0v) is 13.9. The van der Waals surface area contributed by atoms with Crippen LogP contribution in [0.3, 0.4) is 0 Å². The molecule has 1 amide bonds. The van der Waals surface area contributed by atoms with Crippen molar-refractivity contribution in [3.05, 3.63) is 22.4 Å². The molecule has 1 aliphatic carbocycles. The van der Waals surface area contributed by atoms with Crippen LogP contribution in [-0.2, 0) is 4.79 Å². The molecule has 2 aliphatic rings. The lowest BCUT2D eigenvalue weighted by atomic mass is 10.0. The molecular formula is C17H26N2OS. The lowest BCUT2D eigenvalue weighted by molar-refractivity contribution is -0.130. The van der Waals surface area contributed by atoms with Gasteiger partial charge in [-0.25, -0.2) is 0 Å². The van der Waals surface area contributed by atoms with E-state index in [1.807, 2.05) is 0 Å². The fraction of sp³-hybridized carbons (Fsp3) is 0.706. The van der Waals surface area contributed by atoms with Gasteiger partial charge in [0.05, 0.1) is 6.04 Å². The van der Waals surface area contributed by atoms with Crippen LogP contribution in [0, 0.1) is 11.8 Å². The number of rotatable bonds is 5. The fourth-order valence-corrected chi connectivity index (χ4v) is 4.52. The molecule has 4 heteroatoms. The third-order valence-corrected chi connectivity index (χ3v) is 5.65. The second-order valence-electron chi connectivity index (χ2n) is 6.74. The Bertz CT molecular complexity index is 473. The Morgan fingerprint density at radius 3 is 2.90 bits per heavy atom. The first-order valence-electron chi connectivity index (χ1n) is 8.27. The number of hydrogen-bond donors (Lipinski definition) is 1. The predicted molar refractivity (Wildman–Crippen MR) is 87.1 cm³/mol. The summed E-state index contributed by atoms with van der Waals surface area (Å²) in [6.07, 6.45) is 5.96. The summed E-state index contributed by atoms with van der Waals surface area (Å²) in [7, 11) is 0. The molecular weight excluding hydrogens is 280 g/mol. The minimum Gasteiger partial charge on any atom is -0.321 e. The van der Waals surface area contributed by atoms with Crippen LogP contribution in [0.5, 0.6) is 0 Å². The molecule has 3 rings (SSSR count). The summed E-state index contributed by atoms with van der Waals surface area (Å²) in [5.41, 5.74) is 1.25. The topological polar surface area (TPSA) is 32.3 Å². The molecule has 0 spiro atoms. The number of carbonyl (C=O) groups is 1. The Balaban J connectivity index is 1.74. The first-order valence-corrected chi connectivity index (χ1v) is 9.22. The molecule has 1 aromatic heterocycles. The second kappa shape index (κ2) is 6.49. The third kappa shape index (κ3) is 3.16. The highest BCUT2D eigenvalue weighted by atomic mass is 32.1. The summed E-state index contributed by atoms with van der Waals surface area (Å²) in [6.45, 7) is 5.41. The van der Waals surface area contributed by atoms with Gasteiger partial charge in [0.25, 0.3) is 0 Å². The highest BCUT2D eigenvalue weighted by Crippen LogP contribution is 2.35. The molecule has 3 nitrogen and oxygen atoms in total. The van der Waals surface area contributed by atoms with Gasteiger partial charge in [-0.15, -0.1) is 0 Å². The first-order chi connectivity index (χ1) is 10.2. The Morgan fingerprint density at radius 2 is 2.29 bits per heavy atom. The summed E-state index contributed by atoms with van der Waals surface area (Å²) >= 11 is 1.71. The van der Waals surface area contributed by atoms with Gasteiger partial charge in [-0.2, -0.15) is 11.3 Å². The quantitative estimate of drug-likeness (QED) is 0.898. The average Bonchev–Trinajstić information content (AvgIpc) is 3.16. The lowest BCUT2D eigenvalue weighted by Gasteiger charge is -2.26. The molecule has 1 saturated heterocycles.